The third-order valence-electron chi connectivity index (χ3n) is 7.56. The zero-order chi connectivity index (χ0) is 28.3. The number of piperidine rings is 2. The van der Waals surface area contributed by atoms with E-state index in [2.05, 4.69) is 10.6 Å². The topological polar surface area (TPSA) is 53.6 Å². The Balaban J connectivity index is 1.48. The van der Waals surface area contributed by atoms with Crippen LogP contribution in [0.1, 0.15) is 67.4 Å². The summed E-state index contributed by atoms with van der Waals surface area (Å²) in [5, 5.41) is 6.55. The van der Waals surface area contributed by atoms with E-state index in [0.29, 0.717) is 31.5 Å². The number of carbonyl (C=O) groups excluding carboxylic acids is 1. The van der Waals surface area contributed by atoms with Crippen molar-refractivity contribution in [2.45, 2.75) is 69.1 Å². The van der Waals surface area contributed by atoms with Crippen LogP contribution in [0.5, 0.6) is 0 Å². The highest BCUT2D eigenvalue weighted by Gasteiger charge is 2.40. The first kappa shape index (κ1) is 29.2. The van der Waals surface area contributed by atoms with Crippen LogP contribution in [0.15, 0.2) is 48.5 Å². The van der Waals surface area contributed by atoms with Crippen LogP contribution in [-0.2, 0) is 22.6 Å². The molecule has 2 amide bonds. The molecule has 0 aliphatic carbocycles. The van der Waals surface area contributed by atoms with Crippen LogP contribution in [0, 0.1) is 0 Å². The van der Waals surface area contributed by atoms with Crippen LogP contribution in [0.4, 0.5) is 31.1 Å². The lowest BCUT2D eigenvalue weighted by Gasteiger charge is -2.43. The second-order valence-corrected chi connectivity index (χ2v) is 10.4. The molecule has 214 valence electrons. The first-order valence-electron chi connectivity index (χ1n) is 13.1. The average Bonchev–Trinajstić information content (AvgIpc) is 2.92. The van der Waals surface area contributed by atoms with Crippen LogP contribution >= 0.6 is 0 Å². The Labute approximate surface area is 223 Å². The molecule has 0 aromatic heterocycles. The largest absolute Gasteiger partial charge is 0.416 e. The maximum Gasteiger partial charge on any atom is 0.416 e. The number of halogens is 6. The molecule has 2 aliphatic heterocycles. The molecular weight excluding hydrogens is 524 g/mol. The van der Waals surface area contributed by atoms with Gasteiger partial charge in [-0.3, -0.25) is 0 Å². The Bertz CT molecular complexity index is 1080. The van der Waals surface area contributed by atoms with Crippen LogP contribution in [0.25, 0.3) is 0 Å². The van der Waals surface area contributed by atoms with E-state index in [1.54, 1.807) is 0 Å². The summed E-state index contributed by atoms with van der Waals surface area (Å²) in [7, 11) is 0. The van der Waals surface area contributed by atoms with Crippen LogP contribution in [0.2, 0.25) is 0 Å². The molecular formula is C28H33F6N3O2. The fourth-order valence-electron chi connectivity index (χ4n) is 5.20. The Morgan fingerprint density at radius 1 is 1.03 bits per heavy atom. The summed E-state index contributed by atoms with van der Waals surface area (Å²) < 4.78 is 86.1. The molecule has 2 heterocycles. The highest BCUT2D eigenvalue weighted by molar-refractivity contribution is 5.74. The van der Waals surface area contributed by atoms with E-state index in [1.165, 1.54) is 6.92 Å². The summed E-state index contributed by atoms with van der Waals surface area (Å²) >= 11 is 0. The molecule has 0 radical (unpaired) electrons. The van der Waals surface area contributed by atoms with E-state index in [9.17, 15) is 31.1 Å². The lowest BCUT2D eigenvalue weighted by Crippen LogP contribution is -2.58. The van der Waals surface area contributed by atoms with Gasteiger partial charge in [-0.15, -0.1) is 0 Å². The third-order valence-corrected chi connectivity index (χ3v) is 7.56. The summed E-state index contributed by atoms with van der Waals surface area (Å²) in [6.07, 6.45) is -6.64. The molecule has 0 bridgehead atoms. The smallest absolute Gasteiger partial charge is 0.372 e. The van der Waals surface area contributed by atoms with E-state index >= 15 is 0 Å². The summed E-state index contributed by atoms with van der Waals surface area (Å²) in [5.74, 6) is 0. The van der Waals surface area contributed by atoms with Crippen molar-refractivity contribution in [2.24, 2.45) is 0 Å². The number of nitrogens with one attached hydrogen (secondary N) is 2. The van der Waals surface area contributed by atoms with Gasteiger partial charge in [0.15, 0.2) is 0 Å². The monoisotopic (exact) mass is 557 g/mol. The number of nitrogens with zero attached hydrogens (tertiary/aromatic N) is 1. The lowest BCUT2D eigenvalue weighted by molar-refractivity contribution is -0.143. The zero-order valence-electron chi connectivity index (χ0n) is 21.7. The van der Waals surface area contributed by atoms with Gasteiger partial charge in [-0.25, -0.2) is 4.79 Å². The van der Waals surface area contributed by atoms with Gasteiger partial charge in [0.25, 0.3) is 0 Å². The Kier molecular flexibility index (Phi) is 8.80. The molecule has 4 rings (SSSR count). The molecule has 0 saturated carbocycles. The van der Waals surface area contributed by atoms with Crippen molar-refractivity contribution in [3.8, 4) is 0 Å². The minimum atomic E-state index is -4.93. The molecule has 2 aromatic carbocycles. The van der Waals surface area contributed by atoms with Gasteiger partial charge in [-0.05, 0) is 68.4 Å². The molecule has 0 spiro atoms. The molecule has 2 aliphatic rings. The van der Waals surface area contributed by atoms with Gasteiger partial charge in [-0.2, -0.15) is 26.3 Å². The highest BCUT2D eigenvalue weighted by Crippen LogP contribution is 2.39. The first-order chi connectivity index (χ1) is 18.4. The fraction of sp³-hybridized carbons (Fsp3) is 0.536. The predicted molar refractivity (Wildman–Crippen MR) is 134 cm³/mol. The maximum atomic E-state index is 13.4. The number of rotatable bonds is 6. The second kappa shape index (κ2) is 11.8. The van der Waals surface area contributed by atoms with Gasteiger partial charge in [0, 0.05) is 25.7 Å². The molecule has 2 N–H and O–H groups in total. The standard InChI is InChI=1S/C28H33F6N3O2/c1-19(20-14-22(27(29,30)31)16-23(15-20)28(32,33)34)39-18-26(21-8-4-2-5-9-21)11-10-24(17-35-26)36-25(38)37-12-6-3-7-13-37/h2,4-5,8-9,14-16,19,24,35H,3,6-7,10-13,17-18H2,1H3,(H,36,38)/t19-,24?,26-/m1/s1. The van der Waals surface area contributed by atoms with E-state index in [0.717, 1.165) is 37.9 Å². The zero-order valence-corrected chi connectivity index (χ0v) is 21.7. The van der Waals surface area contributed by atoms with Gasteiger partial charge < -0.3 is 20.3 Å². The van der Waals surface area contributed by atoms with Gasteiger partial charge in [0.1, 0.15) is 0 Å². The molecule has 3 atom stereocenters. The van der Waals surface area contributed by atoms with Crippen molar-refractivity contribution < 1.29 is 35.9 Å². The van der Waals surface area contributed by atoms with Crippen molar-refractivity contribution in [2.75, 3.05) is 26.2 Å². The molecule has 2 fully saturated rings. The number of likely N-dealkylation sites (tertiary alicyclic amines) is 1. The Hall–Kier alpha value is -2.79. The van der Waals surface area contributed by atoms with Crippen molar-refractivity contribution in [3.05, 3.63) is 70.8 Å². The number of hydrogen-bond donors (Lipinski definition) is 2. The minimum Gasteiger partial charge on any atom is -0.372 e. The van der Waals surface area contributed by atoms with Crippen LogP contribution in [-0.4, -0.2) is 43.2 Å². The highest BCUT2D eigenvalue weighted by atomic mass is 19.4. The lowest BCUT2D eigenvalue weighted by atomic mass is 9.81. The average molecular weight is 558 g/mol. The van der Waals surface area contributed by atoms with Gasteiger partial charge in [0.2, 0.25) is 0 Å². The fourth-order valence-corrected chi connectivity index (χ4v) is 5.20. The molecule has 5 nitrogen and oxygen atoms in total. The molecule has 11 heteroatoms. The number of carbonyl (C=O) groups is 1. The number of hydrogen-bond acceptors (Lipinski definition) is 3. The number of ether oxygens (including phenoxy) is 1. The number of alkyl halides is 6. The van der Waals surface area contributed by atoms with Crippen LogP contribution in [0.3, 0.4) is 0 Å². The van der Waals surface area contributed by atoms with E-state index in [4.69, 9.17) is 4.74 Å². The molecule has 2 aromatic rings. The maximum absolute atomic E-state index is 13.4. The number of amides is 2. The van der Waals surface area contributed by atoms with Crippen molar-refractivity contribution in [1.29, 1.82) is 0 Å². The predicted octanol–water partition coefficient (Wildman–Crippen LogP) is 6.64. The van der Waals surface area contributed by atoms with Crippen molar-refractivity contribution in [1.82, 2.24) is 15.5 Å². The summed E-state index contributed by atoms with van der Waals surface area (Å²) in [5.41, 5.74) is -2.79. The SMILES string of the molecule is C[C@@H](OC[C@@]1(c2ccccc2)CCC(NC(=O)N2CCCCC2)CN1)c1cc(C(F)(F)F)cc(C(F)(F)F)c1. The third kappa shape index (κ3) is 7.25. The molecule has 2 saturated heterocycles. The van der Waals surface area contributed by atoms with Crippen LogP contribution < -0.4 is 10.6 Å². The van der Waals surface area contributed by atoms with Gasteiger partial charge in [-0.1, -0.05) is 30.3 Å². The normalized spacial score (nSPS) is 23.4. The first-order valence-corrected chi connectivity index (χ1v) is 13.1. The second-order valence-electron chi connectivity index (χ2n) is 10.4. The summed E-state index contributed by atoms with van der Waals surface area (Å²) in [6.45, 7) is 3.36. The quantitative estimate of drug-likeness (QED) is 0.392. The summed E-state index contributed by atoms with van der Waals surface area (Å²) in [4.78, 5) is 14.5. The Morgan fingerprint density at radius 3 is 2.18 bits per heavy atom. The number of benzene rings is 2. The van der Waals surface area contributed by atoms with E-state index in [-0.39, 0.29) is 30.3 Å². The minimum absolute atomic E-state index is 0.0164. The molecule has 39 heavy (non-hydrogen) atoms. The van der Waals surface area contributed by atoms with Crippen molar-refractivity contribution in [3.63, 3.8) is 0 Å². The van der Waals surface area contributed by atoms with Gasteiger partial charge in [0.05, 0.1) is 29.4 Å². The Morgan fingerprint density at radius 2 is 1.64 bits per heavy atom. The summed E-state index contributed by atoms with van der Waals surface area (Å²) in [6, 6.07) is 10.7. The number of urea groups is 1. The van der Waals surface area contributed by atoms with E-state index in [1.807, 2.05) is 35.2 Å². The van der Waals surface area contributed by atoms with Gasteiger partial charge >= 0.3 is 18.4 Å². The molecule has 1 unspecified atom stereocenters. The van der Waals surface area contributed by atoms with E-state index < -0.39 is 35.1 Å². The van der Waals surface area contributed by atoms with Crippen molar-refractivity contribution >= 4 is 6.03 Å².